The molecule has 0 saturated heterocycles. The fraction of sp³-hybridized carbons (Fsp3) is 0.600. The SMILES string of the molecule is COc1nccnc1C(O)CCOCC(F)(F)F. The Labute approximate surface area is 102 Å². The standard InChI is InChI=1S/C10H13F3N2O3/c1-17-9-8(14-3-4-15-9)7(16)2-5-18-6-10(11,12)13/h3-4,7,16H,2,5-6H2,1H3. The van der Waals surface area contributed by atoms with Crippen LogP contribution in [0.25, 0.3) is 0 Å². The van der Waals surface area contributed by atoms with Gasteiger partial charge in [-0.15, -0.1) is 0 Å². The van der Waals surface area contributed by atoms with Crippen LogP contribution in [0.1, 0.15) is 18.2 Å². The second-order valence-corrected chi connectivity index (χ2v) is 3.42. The van der Waals surface area contributed by atoms with Crippen molar-refractivity contribution in [3.63, 3.8) is 0 Å². The van der Waals surface area contributed by atoms with Crippen LogP contribution in [0.4, 0.5) is 13.2 Å². The fourth-order valence-electron chi connectivity index (χ4n) is 1.24. The molecule has 0 aliphatic heterocycles. The molecule has 1 aromatic heterocycles. The number of rotatable bonds is 6. The Morgan fingerprint density at radius 2 is 2.00 bits per heavy atom. The maximum atomic E-state index is 11.8. The Morgan fingerprint density at radius 1 is 1.33 bits per heavy atom. The number of alkyl halides is 3. The number of aliphatic hydroxyl groups excluding tert-OH is 1. The molecule has 0 saturated carbocycles. The number of hydrogen-bond acceptors (Lipinski definition) is 5. The van der Waals surface area contributed by atoms with E-state index in [1.54, 1.807) is 0 Å². The van der Waals surface area contributed by atoms with Gasteiger partial charge < -0.3 is 14.6 Å². The molecule has 1 N–H and O–H groups in total. The largest absolute Gasteiger partial charge is 0.480 e. The van der Waals surface area contributed by atoms with Gasteiger partial charge in [-0.1, -0.05) is 0 Å². The van der Waals surface area contributed by atoms with Gasteiger partial charge in [0, 0.05) is 25.4 Å². The molecule has 18 heavy (non-hydrogen) atoms. The van der Waals surface area contributed by atoms with Crippen molar-refractivity contribution in [1.82, 2.24) is 9.97 Å². The minimum atomic E-state index is -4.37. The number of ether oxygens (including phenoxy) is 2. The van der Waals surface area contributed by atoms with Crippen molar-refractivity contribution in [3.8, 4) is 5.88 Å². The second-order valence-electron chi connectivity index (χ2n) is 3.42. The van der Waals surface area contributed by atoms with E-state index in [9.17, 15) is 18.3 Å². The zero-order valence-corrected chi connectivity index (χ0v) is 9.65. The average Bonchev–Trinajstić information content (AvgIpc) is 2.33. The number of methoxy groups -OCH3 is 1. The highest BCUT2D eigenvalue weighted by Gasteiger charge is 2.27. The smallest absolute Gasteiger partial charge is 0.411 e. The molecule has 0 bridgehead atoms. The number of nitrogens with zero attached hydrogens (tertiary/aromatic N) is 2. The molecule has 0 aromatic carbocycles. The van der Waals surface area contributed by atoms with Gasteiger partial charge in [0.25, 0.3) is 0 Å². The molecule has 1 unspecified atom stereocenters. The number of hydrogen-bond donors (Lipinski definition) is 1. The third-order valence-electron chi connectivity index (χ3n) is 2.00. The van der Waals surface area contributed by atoms with Crippen molar-refractivity contribution in [2.75, 3.05) is 20.3 Å². The van der Waals surface area contributed by atoms with Gasteiger partial charge in [0.2, 0.25) is 5.88 Å². The maximum absolute atomic E-state index is 11.8. The van der Waals surface area contributed by atoms with Crippen LogP contribution in [0.15, 0.2) is 12.4 Å². The van der Waals surface area contributed by atoms with E-state index in [0.717, 1.165) is 0 Å². The van der Waals surface area contributed by atoms with Crippen molar-refractivity contribution in [1.29, 1.82) is 0 Å². The molecule has 0 spiro atoms. The van der Waals surface area contributed by atoms with Crippen LogP contribution in [0, 0.1) is 0 Å². The predicted octanol–water partition coefficient (Wildman–Crippen LogP) is 1.49. The van der Waals surface area contributed by atoms with Crippen LogP contribution in [0.2, 0.25) is 0 Å². The van der Waals surface area contributed by atoms with Crippen molar-refractivity contribution >= 4 is 0 Å². The molecule has 0 radical (unpaired) electrons. The van der Waals surface area contributed by atoms with Crippen molar-refractivity contribution < 1.29 is 27.8 Å². The summed E-state index contributed by atoms with van der Waals surface area (Å²) in [4.78, 5) is 7.68. The van der Waals surface area contributed by atoms with E-state index in [2.05, 4.69) is 14.7 Å². The van der Waals surface area contributed by atoms with Gasteiger partial charge in [0.15, 0.2) is 0 Å². The summed E-state index contributed by atoms with van der Waals surface area (Å²) in [5, 5.41) is 9.72. The summed E-state index contributed by atoms with van der Waals surface area (Å²) < 4.78 is 44.6. The molecular weight excluding hydrogens is 253 g/mol. The van der Waals surface area contributed by atoms with Gasteiger partial charge in [-0.25, -0.2) is 4.98 Å². The molecule has 102 valence electrons. The van der Waals surface area contributed by atoms with Crippen molar-refractivity contribution in [2.24, 2.45) is 0 Å². The third-order valence-corrected chi connectivity index (χ3v) is 2.00. The van der Waals surface area contributed by atoms with Crippen LogP contribution in [0.5, 0.6) is 5.88 Å². The summed E-state index contributed by atoms with van der Waals surface area (Å²) in [7, 11) is 1.36. The fourth-order valence-corrected chi connectivity index (χ4v) is 1.24. The molecule has 0 fully saturated rings. The third kappa shape index (κ3) is 4.84. The van der Waals surface area contributed by atoms with E-state index in [1.807, 2.05) is 0 Å². The zero-order chi connectivity index (χ0) is 13.6. The summed E-state index contributed by atoms with van der Waals surface area (Å²) in [6, 6.07) is 0. The van der Waals surface area contributed by atoms with E-state index < -0.39 is 18.9 Å². The molecule has 1 rings (SSSR count). The van der Waals surface area contributed by atoms with E-state index >= 15 is 0 Å². The molecule has 1 aromatic rings. The Kier molecular flexibility index (Phi) is 5.29. The molecule has 8 heteroatoms. The molecule has 0 amide bonds. The number of aromatic nitrogens is 2. The summed E-state index contributed by atoms with van der Waals surface area (Å²) >= 11 is 0. The quantitative estimate of drug-likeness (QED) is 0.790. The van der Waals surface area contributed by atoms with Gasteiger partial charge in [0.1, 0.15) is 18.4 Å². The van der Waals surface area contributed by atoms with Crippen LogP contribution in [-0.4, -0.2) is 41.6 Å². The highest BCUT2D eigenvalue weighted by Crippen LogP contribution is 2.22. The Morgan fingerprint density at radius 3 is 2.61 bits per heavy atom. The molecule has 1 heterocycles. The van der Waals surface area contributed by atoms with Crippen LogP contribution < -0.4 is 4.74 Å². The lowest BCUT2D eigenvalue weighted by molar-refractivity contribution is -0.175. The van der Waals surface area contributed by atoms with Gasteiger partial charge in [-0.05, 0) is 0 Å². The molecule has 1 atom stereocenters. The second kappa shape index (κ2) is 6.50. The lowest BCUT2D eigenvalue weighted by Crippen LogP contribution is -2.18. The molecular formula is C10H13F3N2O3. The van der Waals surface area contributed by atoms with E-state index in [0.29, 0.717) is 0 Å². The van der Waals surface area contributed by atoms with E-state index in [1.165, 1.54) is 19.5 Å². The van der Waals surface area contributed by atoms with E-state index in [-0.39, 0.29) is 24.6 Å². The first kappa shape index (κ1) is 14.7. The van der Waals surface area contributed by atoms with Crippen LogP contribution >= 0.6 is 0 Å². The lowest BCUT2D eigenvalue weighted by atomic mass is 10.2. The maximum Gasteiger partial charge on any atom is 0.411 e. The Bertz CT molecular complexity index is 374. The van der Waals surface area contributed by atoms with Crippen molar-refractivity contribution in [2.45, 2.75) is 18.7 Å². The van der Waals surface area contributed by atoms with Gasteiger partial charge in [0.05, 0.1) is 7.11 Å². The molecule has 0 aliphatic rings. The first-order valence-corrected chi connectivity index (χ1v) is 5.11. The topological polar surface area (TPSA) is 64.5 Å². The highest BCUT2D eigenvalue weighted by atomic mass is 19.4. The monoisotopic (exact) mass is 266 g/mol. The summed E-state index contributed by atoms with van der Waals surface area (Å²) in [6.07, 6.45) is -2.73. The number of halogens is 3. The molecule has 5 nitrogen and oxygen atoms in total. The molecule has 0 aliphatic carbocycles. The summed E-state index contributed by atoms with van der Waals surface area (Å²) in [5.74, 6) is 0.140. The zero-order valence-electron chi connectivity index (χ0n) is 9.65. The normalized spacial score (nSPS) is 13.4. The Balaban J connectivity index is 2.43. The highest BCUT2D eigenvalue weighted by molar-refractivity contribution is 5.19. The number of aliphatic hydroxyl groups is 1. The first-order chi connectivity index (χ1) is 8.44. The van der Waals surface area contributed by atoms with Crippen molar-refractivity contribution in [3.05, 3.63) is 18.1 Å². The van der Waals surface area contributed by atoms with Gasteiger partial charge in [-0.3, -0.25) is 4.98 Å². The van der Waals surface area contributed by atoms with E-state index in [4.69, 9.17) is 4.74 Å². The lowest BCUT2D eigenvalue weighted by Gasteiger charge is -2.13. The summed E-state index contributed by atoms with van der Waals surface area (Å²) in [6.45, 7) is -1.57. The Hall–Kier alpha value is -1.41. The summed E-state index contributed by atoms with van der Waals surface area (Å²) in [5.41, 5.74) is 0.176. The van der Waals surface area contributed by atoms with Gasteiger partial charge >= 0.3 is 6.18 Å². The minimum Gasteiger partial charge on any atom is -0.480 e. The minimum absolute atomic E-state index is 0.0227. The predicted molar refractivity (Wildman–Crippen MR) is 55.0 cm³/mol. The average molecular weight is 266 g/mol. The van der Waals surface area contributed by atoms with Gasteiger partial charge in [-0.2, -0.15) is 13.2 Å². The first-order valence-electron chi connectivity index (χ1n) is 5.11. The van der Waals surface area contributed by atoms with Crippen LogP contribution in [-0.2, 0) is 4.74 Å². The van der Waals surface area contributed by atoms with Crippen LogP contribution in [0.3, 0.4) is 0 Å².